The molecule has 0 spiro atoms. The number of hydrogen-bond acceptors (Lipinski definition) is 3. The average molecular weight is 210 g/mol. The molecule has 0 N–H and O–H groups in total. The van der Waals surface area contributed by atoms with Crippen LogP contribution < -0.4 is 4.90 Å². The zero-order chi connectivity index (χ0) is 11.0. The van der Waals surface area contributed by atoms with Crippen molar-refractivity contribution in [3.8, 4) is 0 Å². The van der Waals surface area contributed by atoms with Gasteiger partial charge in [0, 0.05) is 24.8 Å². The average Bonchev–Trinajstić information content (AvgIpc) is 2.98. The largest absolute Gasteiger partial charge is 0.371 e. The molecule has 0 saturated heterocycles. The molecule has 0 amide bonds. The monoisotopic (exact) mass is 210 g/mol. The lowest BCUT2D eigenvalue weighted by atomic mass is 10.2. The first kappa shape index (κ1) is 9.89. The Kier molecular flexibility index (Phi) is 2.30. The van der Waals surface area contributed by atoms with Crippen LogP contribution in [0.5, 0.6) is 0 Å². The highest BCUT2D eigenvalue weighted by molar-refractivity contribution is 5.54. The Morgan fingerprint density at radius 1 is 1.47 bits per heavy atom. The van der Waals surface area contributed by atoms with Crippen molar-refractivity contribution in [2.24, 2.45) is 0 Å². The first-order chi connectivity index (χ1) is 7.08. The Morgan fingerprint density at radius 2 is 2.13 bits per heavy atom. The van der Waals surface area contributed by atoms with E-state index in [1.54, 1.807) is 0 Å². The minimum atomic E-state index is -0.576. The minimum Gasteiger partial charge on any atom is -0.371 e. The predicted octanol–water partition coefficient (Wildman–Crippen LogP) is 2.33. The topological polar surface area (TPSA) is 46.4 Å². The van der Waals surface area contributed by atoms with Crippen LogP contribution in [0.2, 0.25) is 0 Å². The Hall–Kier alpha value is -1.65. The van der Waals surface area contributed by atoms with Crippen LogP contribution in [0.15, 0.2) is 18.2 Å². The van der Waals surface area contributed by atoms with Gasteiger partial charge in [-0.25, -0.2) is 4.39 Å². The van der Waals surface area contributed by atoms with E-state index >= 15 is 0 Å². The standard InChI is InChI=1S/C10H11FN2O2/c1-12(8-2-3-8)9-4-7(11)5-10(6-9)13(14)15/h4-6,8H,2-3H2,1H3. The third-order valence-corrected chi connectivity index (χ3v) is 2.58. The maximum Gasteiger partial charge on any atom is 0.274 e. The van der Waals surface area contributed by atoms with Gasteiger partial charge >= 0.3 is 0 Å². The molecule has 0 atom stereocenters. The summed E-state index contributed by atoms with van der Waals surface area (Å²) in [5.41, 5.74) is 0.377. The normalized spacial score (nSPS) is 15.1. The molecule has 4 nitrogen and oxygen atoms in total. The van der Waals surface area contributed by atoms with E-state index in [1.165, 1.54) is 12.1 Å². The molecule has 0 heterocycles. The van der Waals surface area contributed by atoms with E-state index in [0.29, 0.717) is 11.7 Å². The van der Waals surface area contributed by atoms with Crippen LogP contribution in [0.3, 0.4) is 0 Å². The molecule has 1 aromatic carbocycles. The number of non-ortho nitro benzene ring substituents is 1. The zero-order valence-electron chi connectivity index (χ0n) is 8.31. The summed E-state index contributed by atoms with van der Waals surface area (Å²) in [7, 11) is 1.83. The van der Waals surface area contributed by atoms with Crippen LogP contribution in [0, 0.1) is 15.9 Å². The number of hydrogen-bond donors (Lipinski definition) is 0. The van der Waals surface area contributed by atoms with Crippen molar-refractivity contribution in [1.29, 1.82) is 0 Å². The molecule has 1 aromatic rings. The van der Waals surface area contributed by atoms with E-state index in [-0.39, 0.29) is 5.69 Å². The lowest BCUT2D eigenvalue weighted by Crippen LogP contribution is -2.19. The maximum atomic E-state index is 13.1. The Bertz CT molecular complexity index is 404. The molecule has 0 aliphatic heterocycles. The number of rotatable bonds is 3. The van der Waals surface area contributed by atoms with Crippen LogP contribution in [-0.2, 0) is 0 Å². The summed E-state index contributed by atoms with van der Waals surface area (Å²) in [5, 5.41) is 10.5. The van der Waals surface area contributed by atoms with Gasteiger partial charge in [-0.1, -0.05) is 0 Å². The molecular weight excluding hydrogens is 199 g/mol. The first-order valence-electron chi connectivity index (χ1n) is 4.76. The van der Waals surface area contributed by atoms with Gasteiger partial charge in [0.2, 0.25) is 0 Å². The summed E-state index contributed by atoms with van der Waals surface area (Å²) in [4.78, 5) is 11.8. The van der Waals surface area contributed by atoms with Gasteiger partial charge in [0.1, 0.15) is 5.82 Å². The number of nitro groups is 1. The number of nitrogens with zero attached hydrogens (tertiary/aromatic N) is 2. The molecule has 1 aliphatic carbocycles. The molecule has 0 bridgehead atoms. The fourth-order valence-electron chi connectivity index (χ4n) is 1.54. The van der Waals surface area contributed by atoms with Gasteiger partial charge in [0.05, 0.1) is 11.0 Å². The number of nitro benzene ring substituents is 1. The van der Waals surface area contributed by atoms with Crippen molar-refractivity contribution < 1.29 is 9.31 Å². The minimum absolute atomic E-state index is 0.197. The molecule has 0 radical (unpaired) electrons. The summed E-state index contributed by atoms with van der Waals surface area (Å²) in [5.74, 6) is -0.563. The van der Waals surface area contributed by atoms with Crippen molar-refractivity contribution >= 4 is 11.4 Å². The summed E-state index contributed by atoms with van der Waals surface area (Å²) < 4.78 is 13.1. The van der Waals surface area contributed by atoms with E-state index in [9.17, 15) is 14.5 Å². The molecule has 5 heteroatoms. The molecule has 2 rings (SSSR count). The van der Waals surface area contributed by atoms with Crippen molar-refractivity contribution in [2.45, 2.75) is 18.9 Å². The first-order valence-corrected chi connectivity index (χ1v) is 4.76. The second-order valence-corrected chi connectivity index (χ2v) is 3.77. The van der Waals surface area contributed by atoms with Gasteiger partial charge in [-0.3, -0.25) is 10.1 Å². The van der Waals surface area contributed by atoms with E-state index in [1.807, 2.05) is 11.9 Å². The Labute approximate surface area is 86.5 Å². The molecule has 0 unspecified atom stereocenters. The van der Waals surface area contributed by atoms with Gasteiger partial charge in [0.15, 0.2) is 0 Å². The second kappa shape index (κ2) is 3.49. The molecule has 15 heavy (non-hydrogen) atoms. The summed E-state index contributed by atoms with van der Waals surface area (Å²) >= 11 is 0. The molecule has 1 saturated carbocycles. The van der Waals surface area contributed by atoms with E-state index in [0.717, 1.165) is 18.9 Å². The molecule has 80 valence electrons. The van der Waals surface area contributed by atoms with Gasteiger partial charge in [-0.2, -0.15) is 0 Å². The molecular formula is C10H11FN2O2. The van der Waals surface area contributed by atoms with Crippen LogP contribution >= 0.6 is 0 Å². The Balaban J connectivity index is 2.33. The van der Waals surface area contributed by atoms with Crippen molar-refractivity contribution in [1.82, 2.24) is 0 Å². The van der Waals surface area contributed by atoms with Crippen LogP contribution in [0.25, 0.3) is 0 Å². The summed E-state index contributed by atoms with van der Waals surface area (Å²) in [6.45, 7) is 0. The fraction of sp³-hybridized carbons (Fsp3) is 0.400. The number of benzene rings is 1. The third-order valence-electron chi connectivity index (χ3n) is 2.58. The third kappa shape index (κ3) is 2.06. The van der Waals surface area contributed by atoms with Crippen LogP contribution in [0.4, 0.5) is 15.8 Å². The fourth-order valence-corrected chi connectivity index (χ4v) is 1.54. The van der Waals surface area contributed by atoms with Gasteiger partial charge in [-0.05, 0) is 18.9 Å². The highest BCUT2D eigenvalue weighted by atomic mass is 19.1. The number of anilines is 1. The van der Waals surface area contributed by atoms with Crippen molar-refractivity contribution in [2.75, 3.05) is 11.9 Å². The number of halogens is 1. The predicted molar refractivity (Wildman–Crippen MR) is 54.5 cm³/mol. The highest BCUT2D eigenvalue weighted by Gasteiger charge is 2.27. The van der Waals surface area contributed by atoms with Crippen molar-refractivity contribution in [3.05, 3.63) is 34.1 Å². The smallest absolute Gasteiger partial charge is 0.274 e. The SMILES string of the molecule is CN(c1cc(F)cc([N+](=O)[O-])c1)C1CC1. The van der Waals surface area contributed by atoms with Crippen LogP contribution in [0.1, 0.15) is 12.8 Å². The van der Waals surface area contributed by atoms with E-state index < -0.39 is 10.7 Å². The van der Waals surface area contributed by atoms with E-state index in [2.05, 4.69) is 0 Å². The molecule has 1 aliphatic rings. The lowest BCUT2D eigenvalue weighted by Gasteiger charge is -2.18. The van der Waals surface area contributed by atoms with Crippen molar-refractivity contribution in [3.63, 3.8) is 0 Å². The van der Waals surface area contributed by atoms with Gasteiger partial charge < -0.3 is 4.90 Å². The highest BCUT2D eigenvalue weighted by Crippen LogP contribution is 2.32. The molecule has 0 aromatic heterocycles. The van der Waals surface area contributed by atoms with Gasteiger partial charge in [-0.15, -0.1) is 0 Å². The Morgan fingerprint density at radius 3 is 2.67 bits per heavy atom. The zero-order valence-corrected chi connectivity index (χ0v) is 8.31. The second-order valence-electron chi connectivity index (χ2n) is 3.77. The van der Waals surface area contributed by atoms with Crippen LogP contribution in [-0.4, -0.2) is 18.0 Å². The van der Waals surface area contributed by atoms with E-state index in [4.69, 9.17) is 0 Å². The maximum absolute atomic E-state index is 13.1. The quantitative estimate of drug-likeness (QED) is 0.568. The summed E-state index contributed by atoms with van der Waals surface area (Å²) in [6, 6.07) is 4.07. The summed E-state index contributed by atoms with van der Waals surface area (Å²) in [6.07, 6.45) is 2.14. The van der Waals surface area contributed by atoms with Gasteiger partial charge in [0.25, 0.3) is 5.69 Å². The molecule has 1 fully saturated rings. The lowest BCUT2D eigenvalue weighted by molar-refractivity contribution is -0.385.